The number of rotatable bonds is 4. The van der Waals surface area contributed by atoms with Crippen molar-refractivity contribution in [1.29, 1.82) is 0 Å². The Morgan fingerprint density at radius 3 is 2.62 bits per heavy atom. The second-order valence-corrected chi connectivity index (χ2v) is 5.22. The van der Waals surface area contributed by atoms with Gasteiger partial charge in [0, 0.05) is 6.07 Å². The van der Waals surface area contributed by atoms with Crippen molar-refractivity contribution >= 4 is 6.08 Å². The lowest BCUT2D eigenvalue weighted by atomic mass is 9.92. The van der Waals surface area contributed by atoms with E-state index < -0.39 is 5.60 Å². The van der Waals surface area contributed by atoms with Gasteiger partial charge in [0.1, 0.15) is 5.60 Å². The summed E-state index contributed by atoms with van der Waals surface area (Å²) in [7, 11) is 0. The second kappa shape index (κ2) is 5.94. The molecule has 0 amide bonds. The fraction of sp³-hybridized carbons (Fsp3) is 0.167. The van der Waals surface area contributed by atoms with Crippen LogP contribution in [0.25, 0.3) is 6.08 Å². The molecule has 1 aromatic heterocycles. The minimum Gasteiger partial charge on any atom is -0.379 e. The van der Waals surface area contributed by atoms with Gasteiger partial charge in [-0.25, -0.2) is 0 Å². The van der Waals surface area contributed by atoms with Crippen molar-refractivity contribution in [3.8, 4) is 0 Å². The predicted octanol–water partition coefficient (Wildman–Crippen LogP) is 3.16. The van der Waals surface area contributed by atoms with E-state index in [1.807, 2.05) is 37.3 Å². The molecule has 1 aromatic carbocycles. The Balaban J connectivity index is 2.27. The summed E-state index contributed by atoms with van der Waals surface area (Å²) in [6.45, 7) is 7.56. The minimum absolute atomic E-state index is 0.247. The molecule has 0 spiro atoms. The molecule has 3 nitrogen and oxygen atoms in total. The highest BCUT2D eigenvalue weighted by atomic mass is 16.3. The smallest absolute Gasteiger partial charge is 0.248 e. The van der Waals surface area contributed by atoms with E-state index in [9.17, 15) is 9.90 Å². The van der Waals surface area contributed by atoms with Crippen molar-refractivity contribution in [2.75, 3.05) is 0 Å². The number of nitrogens with one attached hydrogen (secondary N) is 1. The molecule has 1 heterocycles. The highest BCUT2D eigenvalue weighted by molar-refractivity contribution is 5.57. The molecule has 1 unspecified atom stereocenters. The van der Waals surface area contributed by atoms with Gasteiger partial charge in [-0.15, -0.1) is 0 Å². The van der Waals surface area contributed by atoms with E-state index in [2.05, 4.69) is 11.6 Å². The van der Waals surface area contributed by atoms with Crippen molar-refractivity contribution < 1.29 is 5.11 Å². The van der Waals surface area contributed by atoms with Gasteiger partial charge >= 0.3 is 0 Å². The van der Waals surface area contributed by atoms with E-state index in [0.717, 1.165) is 11.1 Å². The van der Waals surface area contributed by atoms with E-state index in [-0.39, 0.29) is 5.56 Å². The summed E-state index contributed by atoms with van der Waals surface area (Å²) in [6.07, 6.45) is 3.68. The van der Waals surface area contributed by atoms with Gasteiger partial charge in [-0.05, 0) is 36.6 Å². The average molecular weight is 281 g/mol. The zero-order chi connectivity index (χ0) is 15.5. The van der Waals surface area contributed by atoms with E-state index >= 15 is 0 Å². The largest absolute Gasteiger partial charge is 0.379 e. The molecule has 1 atom stereocenters. The van der Waals surface area contributed by atoms with Crippen LogP contribution in [0.1, 0.15) is 23.7 Å². The van der Waals surface area contributed by atoms with Crippen molar-refractivity contribution in [3.63, 3.8) is 0 Å². The highest BCUT2D eigenvalue weighted by Crippen LogP contribution is 2.27. The van der Waals surface area contributed by atoms with Gasteiger partial charge in [-0.2, -0.15) is 0 Å². The quantitative estimate of drug-likeness (QED) is 0.846. The summed E-state index contributed by atoms with van der Waals surface area (Å²) in [6, 6.07) is 12.7. The average Bonchev–Trinajstić information content (AvgIpc) is 2.46. The number of benzene rings is 1. The summed E-state index contributed by atoms with van der Waals surface area (Å²) in [5, 5.41) is 10.6. The summed E-state index contributed by atoms with van der Waals surface area (Å²) in [5.41, 5.74) is 1.58. The van der Waals surface area contributed by atoms with Gasteiger partial charge in [0.2, 0.25) is 5.56 Å². The third-order valence-corrected chi connectivity index (χ3v) is 3.57. The number of aliphatic hydroxyl groups is 1. The summed E-state index contributed by atoms with van der Waals surface area (Å²) in [5.74, 6) is 0. The second-order valence-electron chi connectivity index (χ2n) is 5.22. The molecule has 0 aliphatic heterocycles. The fourth-order valence-corrected chi connectivity index (χ4v) is 2.03. The SMILES string of the molecule is C=C(/C=C\c1ccccc1C)C(C)(O)c1cccc(=O)[nH]1. The Morgan fingerprint density at radius 2 is 1.95 bits per heavy atom. The van der Waals surface area contributed by atoms with Gasteiger partial charge in [0.05, 0.1) is 5.69 Å². The number of aryl methyl sites for hydroxylation is 1. The van der Waals surface area contributed by atoms with Crippen molar-refractivity contribution in [1.82, 2.24) is 4.98 Å². The maximum Gasteiger partial charge on any atom is 0.248 e. The zero-order valence-corrected chi connectivity index (χ0v) is 12.3. The third-order valence-electron chi connectivity index (χ3n) is 3.57. The first-order chi connectivity index (χ1) is 9.91. The summed E-state index contributed by atoms with van der Waals surface area (Å²) < 4.78 is 0. The Bertz CT molecular complexity index is 739. The number of hydrogen-bond acceptors (Lipinski definition) is 2. The van der Waals surface area contributed by atoms with Crippen LogP contribution >= 0.6 is 0 Å². The highest BCUT2D eigenvalue weighted by Gasteiger charge is 2.26. The Hall–Kier alpha value is -2.39. The molecular weight excluding hydrogens is 262 g/mol. The standard InChI is InChI=1S/C18H19NO2/c1-13-7-4-5-8-15(13)12-11-14(2)18(3,21)16-9-6-10-17(20)19-16/h4-12,21H,2H2,1,3H3,(H,19,20)/b12-11-. The van der Waals surface area contributed by atoms with E-state index in [1.165, 1.54) is 6.07 Å². The molecule has 0 saturated heterocycles. The van der Waals surface area contributed by atoms with Crippen LogP contribution in [-0.2, 0) is 5.60 Å². The van der Waals surface area contributed by atoms with Crippen LogP contribution < -0.4 is 5.56 Å². The van der Waals surface area contributed by atoms with Crippen molar-refractivity contribution in [3.05, 3.63) is 87.9 Å². The first-order valence-corrected chi connectivity index (χ1v) is 6.76. The van der Waals surface area contributed by atoms with Gasteiger partial charge in [0.25, 0.3) is 0 Å². The molecule has 2 N–H and O–H groups in total. The number of hydrogen-bond donors (Lipinski definition) is 2. The number of H-pyrrole nitrogens is 1. The van der Waals surface area contributed by atoms with Crippen molar-refractivity contribution in [2.24, 2.45) is 0 Å². The van der Waals surface area contributed by atoms with Crippen LogP contribution in [-0.4, -0.2) is 10.1 Å². The Morgan fingerprint density at radius 1 is 1.24 bits per heavy atom. The topological polar surface area (TPSA) is 53.1 Å². The third kappa shape index (κ3) is 3.38. The maximum absolute atomic E-state index is 11.4. The molecule has 0 radical (unpaired) electrons. The van der Waals surface area contributed by atoms with Gasteiger partial charge < -0.3 is 10.1 Å². The first-order valence-electron chi connectivity index (χ1n) is 6.76. The zero-order valence-electron chi connectivity index (χ0n) is 12.3. The van der Waals surface area contributed by atoms with Crippen LogP contribution in [0.5, 0.6) is 0 Å². The molecule has 2 rings (SSSR count). The molecular formula is C18H19NO2. The monoisotopic (exact) mass is 281 g/mol. The van der Waals surface area contributed by atoms with Crippen LogP contribution in [0.2, 0.25) is 0 Å². The van der Waals surface area contributed by atoms with Gasteiger partial charge in [-0.3, -0.25) is 4.79 Å². The summed E-state index contributed by atoms with van der Waals surface area (Å²) in [4.78, 5) is 14.0. The van der Waals surface area contributed by atoms with Crippen molar-refractivity contribution in [2.45, 2.75) is 19.4 Å². The van der Waals surface area contributed by atoms with Crippen LogP contribution in [0, 0.1) is 6.92 Å². The molecule has 108 valence electrons. The molecule has 21 heavy (non-hydrogen) atoms. The van der Waals surface area contributed by atoms with Gasteiger partial charge in [0.15, 0.2) is 0 Å². The predicted molar refractivity (Wildman–Crippen MR) is 86.0 cm³/mol. The maximum atomic E-state index is 11.4. The molecule has 0 aliphatic rings. The number of aromatic nitrogens is 1. The molecule has 0 fully saturated rings. The van der Waals surface area contributed by atoms with Crippen LogP contribution in [0.15, 0.2) is 65.5 Å². The normalized spacial score (nSPS) is 14.0. The first kappa shape index (κ1) is 15.0. The lowest BCUT2D eigenvalue weighted by molar-refractivity contribution is 0.0970. The van der Waals surface area contributed by atoms with Crippen LogP contribution in [0.4, 0.5) is 0 Å². The number of aromatic amines is 1. The Labute approximate surface area is 124 Å². The molecule has 3 heteroatoms. The lowest BCUT2D eigenvalue weighted by Crippen LogP contribution is -2.26. The molecule has 0 bridgehead atoms. The fourth-order valence-electron chi connectivity index (χ4n) is 2.03. The number of pyridine rings is 1. The molecule has 0 saturated carbocycles. The van der Waals surface area contributed by atoms with Gasteiger partial charge in [-0.1, -0.05) is 49.1 Å². The van der Waals surface area contributed by atoms with Crippen LogP contribution in [0.3, 0.4) is 0 Å². The molecule has 0 aliphatic carbocycles. The van der Waals surface area contributed by atoms with E-state index in [1.54, 1.807) is 25.1 Å². The Kier molecular flexibility index (Phi) is 4.24. The summed E-state index contributed by atoms with van der Waals surface area (Å²) >= 11 is 0. The minimum atomic E-state index is -1.32. The van der Waals surface area contributed by atoms with E-state index in [0.29, 0.717) is 11.3 Å². The van der Waals surface area contributed by atoms with E-state index in [4.69, 9.17) is 0 Å². The lowest BCUT2D eigenvalue weighted by Gasteiger charge is -2.24. The molecule has 2 aromatic rings.